The summed E-state index contributed by atoms with van der Waals surface area (Å²) in [4.78, 5) is 50.3. The van der Waals surface area contributed by atoms with Gasteiger partial charge in [-0.2, -0.15) is 0 Å². The number of fused-ring (bicyclic) bond motifs is 1. The van der Waals surface area contributed by atoms with E-state index >= 15 is 0 Å². The number of benzene rings is 2. The van der Waals surface area contributed by atoms with Crippen LogP contribution in [-0.4, -0.2) is 93.7 Å². The number of aliphatic hydroxyl groups is 1. The van der Waals surface area contributed by atoms with Crippen LogP contribution in [0, 0.1) is 0 Å². The number of aliphatic hydroxyl groups excluding tert-OH is 1. The SMILES string of the molecule is COc1ccc(CC(N)C(=O)NC2[C@@H](COP(=O)(O)OC(=O)OCc3ccccc3)O[C@@H](n3cnc4c(N(C)C)ncnc43)[C@H]2O)cc1. The second-order valence-electron chi connectivity index (χ2n) is 11.0. The molecule has 17 nitrogen and oxygen atoms in total. The zero-order valence-corrected chi connectivity index (χ0v) is 27.2. The maximum absolute atomic E-state index is 13.3. The summed E-state index contributed by atoms with van der Waals surface area (Å²) >= 11 is 0. The van der Waals surface area contributed by atoms with Crippen LogP contribution in [0.1, 0.15) is 17.4 Å². The Balaban J connectivity index is 1.31. The van der Waals surface area contributed by atoms with Crippen LogP contribution >= 0.6 is 7.82 Å². The van der Waals surface area contributed by atoms with E-state index in [0.717, 1.165) is 5.56 Å². The van der Waals surface area contributed by atoms with Crippen LogP contribution in [-0.2, 0) is 40.9 Å². The lowest BCUT2D eigenvalue weighted by atomic mass is 10.0. The van der Waals surface area contributed by atoms with Gasteiger partial charge < -0.3 is 39.8 Å². The quantitative estimate of drug-likeness (QED) is 0.116. The third-order valence-corrected chi connectivity index (χ3v) is 8.32. The summed E-state index contributed by atoms with van der Waals surface area (Å²) in [6.45, 7) is -0.904. The molecule has 1 saturated heterocycles. The van der Waals surface area contributed by atoms with E-state index in [1.165, 1.54) is 24.3 Å². The smallest absolute Gasteiger partial charge is 0.497 e. The molecular formula is C30H36N7O10P. The summed E-state index contributed by atoms with van der Waals surface area (Å²) < 4.78 is 39.9. The number of nitrogens with one attached hydrogen (secondary N) is 1. The lowest BCUT2D eigenvalue weighted by Crippen LogP contribution is -2.53. The molecule has 4 aromatic rings. The minimum Gasteiger partial charge on any atom is -0.497 e. The Morgan fingerprint density at radius 3 is 2.52 bits per heavy atom. The maximum atomic E-state index is 13.3. The lowest BCUT2D eigenvalue weighted by molar-refractivity contribution is -0.124. The summed E-state index contributed by atoms with van der Waals surface area (Å²) in [5, 5.41) is 14.2. The number of hydrogen-bond acceptors (Lipinski definition) is 14. The van der Waals surface area contributed by atoms with Gasteiger partial charge in [0, 0.05) is 14.1 Å². The number of amides is 1. The van der Waals surface area contributed by atoms with E-state index in [9.17, 15) is 24.2 Å². The third kappa shape index (κ3) is 8.25. The van der Waals surface area contributed by atoms with Gasteiger partial charge in [0.2, 0.25) is 5.91 Å². The van der Waals surface area contributed by atoms with E-state index in [1.54, 1.807) is 73.6 Å². The van der Waals surface area contributed by atoms with E-state index in [2.05, 4.69) is 24.8 Å². The molecule has 256 valence electrons. The number of imidazole rings is 1. The molecule has 3 heterocycles. The molecule has 18 heteroatoms. The van der Waals surface area contributed by atoms with E-state index in [4.69, 9.17) is 24.5 Å². The molecule has 1 aliphatic heterocycles. The number of hydrogen-bond donors (Lipinski definition) is 4. The Kier molecular flexibility index (Phi) is 10.9. The van der Waals surface area contributed by atoms with Crippen molar-refractivity contribution in [1.82, 2.24) is 24.8 Å². The van der Waals surface area contributed by atoms with Gasteiger partial charge in [0.25, 0.3) is 0 Å². The number of methoxy groups -OCH3 is 1. The summed E-state index contributed by atoms with van der Waals surface area (Å²) in [6.07, 6.45) is -2.44. The van der Waals surface area contributed by atoms with E-state index in [0.29, 0.717) is 28.3 Å². The third-order valence-electron chi connectivity index (χ3n) is 7.46. The Bertz CT molecular complexity index is 1760. The first-order valence-corrected chi connectivity index (χ1v) is 16.2. The molecule has 5 N–H and O–H groups in total. The predicted octanol–water partition coefficient (Wildman–Crippen LogP) is 1.68. The van der Waals surface area contributed by atoms with Gasteiger partial charge >= 0.3 is 14.0 Å². The molecule has 0 saturated carbocycles. The summed E-state index contributed by atoms with van der Waals surface area (Å²) in [5.74, 6) is 0.518. The molecule has 2 aromatic carbocycles. The highest BCUT2D eigenvalue weighted by Crippen LogP contribution is 2.45. The van der Waals surface area contributed by atoms with Gasteiger partial charge in [-0.25, -0.2) is 24.3 Å². The number of phosphoric ester groups is 1. The Hall–Kier alpha value is -4.64. The van der Waals surface area contributed by atoms with Crippen LogP contribution in [0.5, 0.6) is 5.75 Å². The van der Waals surface area contributed by atoms with Gasteiger partial charge in [-0.15, -0.1) is 0 Å². The molecule has 3 unspecified atom stereocenters. The molecule has 2 aromatic heterocycles. The van der Waals surface area contributed by atoms with Gasteiger partial charge in [0.05, 0.1) is 32.1 Å². The van der Waals surface area contributed by atoms with Crippen LogP contribution in [0.3, 0.4) is 0 Å². The average molecular weight is 686 g/mol. The molecule has 48 heavy (non-hydrogen) atoms. The number of aromatic nitrogens is 4. The van der Waals surface area contributed by atoms with Crippen molar-refractivity contribution in [1.29, 1.82) is 0 Å². The first-order chi connectivity index (χ1) is 23.0. The molecular weight excluding hydrogens is 649 g/mol. The van der Waals surface area contributed by atoms with E-state index < -0.39 is 57.0 Å². The topological polar surface area (TPSA) is 223 Å². The number of ether oxygens (including phenoxy) is 3. The molecule has 1 aliphatic rings. The largest absolute Gasteiger partial charge is 0.532 e. The lowest BCUT2D eigenvalue weighted by Gasteiger charge is -2.24. The monoisotopic (exact) mass is 685 g/mol. The minimum absolute atomic E-state index is 0.158. The number of carbonyl (C=O) groups is 2. The number of nitrogens with zero attached hydrogens (tertiary/aromatic N) is 5. The molecule has 0 spiro atoms. The van der Waals surface area contributed by atoms with Crippen LogP contribution in [0.25, 0.3) is 11.2 Å². The summed E-state index contributed by atoms with van der Waals surface area (Å²) in [7, 11) is 0.0588. The standard InChI is InChI=1S/C30H36N7O10P/c1-36(2)26-24-27(33-16-32-26)37(17-34-24)29-25(38)23(35-28(39)21(31)13-18-9-11-20(43-3)12-10-18)22(46-29)15-45-48(41,42)47-30(40)44-14-19-7-5-4-6-8-19/h4-12,16-17,21-23,25,29,38H,13-15,31H2,1-3H3,(H,35,39)(H,41,42)/t21?,22-,23?,25+,29-/m1/s1. The molecule has 0 bridgehead atoms. The highest BCUT2D eigenvalue weighted by molar-refractivity contribution is 7.48. The highest BCUT2D eigenvalue weighted by Gasteiger charge is 2.47. The van der Waals surface area contributed by atoms with E-state index in [-0.39, 0.29) is 13.0 Å². The van der Waals surface area contributed by atoms with Crippen molar-refractivity contribution in [3.63, 3.8) is 0 Å². The second kappa shape index (κ2) is 15.1. The Morgan fingerprint density at radius 2 is 1.83 bits per heavy atom. The molecule has 6 atom stereocenters. The minimum atomic E-state index is -5.04. The van der Waals surface area contributed by atoms with E-state index in [1.807, 2.05) is 0 Å². The maximum Gasteiger partial charge on any atom is 0.532 e. The Labute approximate surface area is 275 Å². The summed E-state index contributed by atoms with van der Waals surface area (Å²) in [6, 6.07) is 13.4. The molecule has 5 rings (SSSR count). The fourth-order valence-electron chi connectivity index (χ4n) is 5.06. The first kappa shape index (κ1) is 34.7. The van der Waals surface area contributed by atoms with Crippen LogP contribution < -0.4 is 20.7 Å². The number of rotatable bonds is 13. The molecule has 1 amide bonds. The summed E-state index contributed by atoms with van der Waals surface area (Å²) in [5.41, 5.74) is 8.34. The van der Waals surface area contributed by atoms with Crippen LogP contribution in [0.15, 0.2) is 67.3 Å². The number of carbonyl (C=O) groups excluding carboxylic acids is 2. The Morgan fingerprint density at radius 1 is 1.10 bits per heavy atom. The van der Waals surface area contributed by atoms with Crippen molar-refractivity contribution in [2.75, 3.05) is 32.7 Å². The zero-order chi connectivity index (χ0) is 34.4. The zero-order valence-electron chi connectivity index (χ0n) is 26.3. The van der Waals surface area contributed by atoms with Crippen molar-refractivity contribution < 1.29 is 47.4 Å². The van der Waals surface area contributed by atoms with Crippen molar-refractivity contribution in [2.45, 2.75) is 43.5 Å². The van der Waals surface area contributed by atoms with Gasteiger partial charge in [0.15, 0.2) is 23.2 Å². The fourth-order valence-corrected chi connectivity index (χ4v) is 5.69. The van der Waals surface area contributed by atoms with Gasteiger partial charge in [0.1, 0.15) is 30.9 Å². The van der Waals surface area contributed by atoms with Crippen molar-refractivity contribution >= 4 is 36.9 Å². The van der Waals surface area contributed by atoms with Crippen molar-refractivity contribution in [2.24, 2.45) is 5.73 Å². The van der Waals surface area contributed by atoms with Gasteiger partial charge in [-0.1, -0.05) is 42.5 Å². The molecule has 0 radical (unpaired) electrons. The number of nitrogens with two attached hydrogens (primary N) is 1. The molecule has 1 fully saturated rings. The van der Waals surface area contributed by atoms with Crippen molar-refractivity contribution in [3.05, 3.63) is 78.4 Å². The highest BCUT2D eigenvalue weighted by atomic mass is 31.2. The van der Waals surface area contributed by atoms with Crippen molar-refractivity contribution in [3.8, 4) is 5.75 Å². The number of anilines is 1. The van der Waals surface area contributed by atoms with Crippen LogP contribution in [0.4, 0.5) is 10.6 Å². The first-order valence-electron chi connectivity index (χ1n) is 14.7. The molecule has 0 aliphatic carbocycles. The van der Waals surface area contributed by atoms with Gasteiger partial charge in [-0.3, -0.25) is 18.8 Å². The normalized spacial score (nSPS) is 20.9. The van der Waals surface area contributed by atoms with Crippen LogP contribution in [0.2, 0.25) is 0 Å². The van der Waals surface area contributed by atoms with Gasteiger partial charge in [-0.05, 0) is 29.7 Å². The fraction of sp³-hybridized carbons (Fsp3) is 0.367. The average Bonchev–Trinajstić information content (AvgIpc) is 3.63. The second-order valence-corrected chi connectivity index (χ2v) is 12.4. The number of phosphoric acid groups is 1. The predicted molar refractivity (Wildman–Crippen MR) is 170 cm³/mol.